The van der Waals surface area contributed by atoms with E-state index in [1.807, 2.05) is 0 Å². The quantitative estimate of drug-likeness (QED) is 0.307. The molecule has 0 aromatic heterocycles. The molecule has 1 atom stereocenters. The van der Waals surface area contributed by atoms with Crippen LogP contribution in [0.5, 0.6) is 0 Å². The molecule has 0 heterocycles. The van der Waals surface area contributed by atoms with Crippen molar-refractivity contribution in [2.24, 2.45) is 0 Å². The van der Waals surface area contributed by atoms with Crippen molar-refractivity contribution in [2.75, 3.05) is 0 Å². The van der Waals surface area contributed by atoms with Crippen LogP contribution in [0.2, 0.25) is 25.2 Å². The molecule has 0 aromatic rings. The van der Waals surface area contributed by atoms with Crippen molar-refractivity contribution >= 4 is 8.07 Å². The van der Waals surface area contributed by atoms with E-state index in [9.17, 15) is 0 Å². The van der Waals surface area contributed by atoms with E-state index in [-0.39, 0.29) is 0 Å². The highest BCUT2D eigenvalue weighted by molar-refractivity contribution is 6.78. The minimum Gasteiger partial charge on any atom is -0.0917 e. The second-order valence-electron chi connectivity index (χ2n) is 5.35. The summed E-state index contributed by atoms with van der Waals surface area (Å²) in [5, 5.41) is 0. The molecule has 1 heteroatoms. The van der Waals surface area contributed by atoms with E-state index in [2.05, 4.69) is 45.6 Å². The average Bonchev–Trinajstić information content (AvgIpc) is 2.08. The highest BCUT2D eigenvalue weighted by Crippen LogP contribution is 2.29. The third-order valence-electron chi connectivity index (χ3n) is 2.91. The van der Waals surface area contributed by atoms with Gasteiger partial charge in [-0.25, -0.2) is 0 Å². The van der Waals surface area contributed by atoms with Crippen molar-refractivity contribution in [3.05, 3.63) is 12.2 Å². The van der Waals surface area contributed by atoms with E-state index < -0.39 is 8.07 Å². The molecule has 0 saturated carbocycles. The summed E-state index contributed by atoms with van der Waals surface area (Å²) >= 11 is 0. The van der Waals surface area contributed by atoms with Crippen LogP contribution >= 0.6 is 0 Å². The first kappa shape index (κ1) is 14.0. The number of allylic oxidation sites excluding steroid dienone is 2. The van der Waals surface area contributed by atoms with Crippen molar-refractivity contribution in [1.82, 2.24) is 0 Å². The van der Waals surface area contributed by atoms with Crippen LogP contribution in [0.3, 0.4) is 0 Å². The van der Waals surface area contributed by atoms with Crippen molar-refractivity contribution in [1.29, 1.82) is 0 Å². The van der Waals surface area contributed by atoms with Crippen LogP contribution in [-0.4, -0.2) is 8.07 Å². The van der Waals surface area contributed by atoms with E-state index in [1.54, 1.807) is 0 Å². The smallest absolute Gasteiger partial charge is 0.0513 e. The zero-order valence-electron chi connectivity index (χ0n) is 10.8. The first-order valence-corrected chi connectivity index (χ1v) is 9.73. The summed E-state index contributed by atoms with van der Waals surface area (Å²) in [7, 11) is -0.955. The van der Waals surface area contributed by atoms with Crippen molar-refractivity contribution in [3.8, 4) is 0 Å². The van der Waals surface area contributed by atoms with E-state index in [0.717, 1.165) is 5.54 Å². The summed E-state index contributed by atoms with van der Waals surface area (Å²) in [5.41, 5.74) is 0.893. The van der Waals surface area contributed by atoms with E-state index in [4.69, 9.17) is 0 Å². The lowest BCUT2D eigenvalue weighted by atomic mass is 10.1. The Morgan fingerprint density at radius 1 is 1.07 bits per heavy atom. The van der Waals surface area contributed by atoms with Gasteiger partial charge in [-0.15, -0.1) is 0 Å². The lowest BCUT2D eigenvalue weighted by molar-refractivity contribution is 0.631. The zero-order valence-corrected chi connectivity index (χ0v) is 11.8. The van der Waals surface area contributed by atoms with Gasteiger partial charge in [-0.05, 0) is 18.9 Å². The third-order valence-corrected chi connectivity index (χ3v) is 5.61. The van der Waals surface area contributed by atoms with Gasteiger partial charge in [0.1, 0.15) is 0 Å². The molecule has 0 aliphatic rings. The molecule has 0 radical (unpaired) electrons. The summed E-state index contributed by atoms with van der Waals surface area (Å²) < 4.78 is 0. The molecule has 0 aliphatic heterocycles. The number of hydrogen-bond donors (Lipinski definition) is 0. The van der Waals surface area contributed by atoms with Gasteiger partial charge in [-0.2, -0.15) is 0 Å². The van der Waals surface area contributed by atoms with Gasteiger partial charge in [-0.3, -0.25) is 0 Å². The Hall–Kier alpha value is -0.0431. The molecule has 0 nitrogen and oxygen atoms in total. The maximum absolute atomic E-state index is 2.48. The molecule has 0 spiro atoms. The first-order valence-electron chi connectivity index (χ1n) is 6.15. The molecule has 0 amide bonds. The van der Waals surface area contributed by atoms with E-state index in [1.165, 1.54) is 32.1 Å². The fourth-order valence-electron chi connectivity index (χ4n) is 1.84. The van der Waals surface area contributed by atoms with Crippen LogP contribution in [0, 0.1) is 0 Å². The van der Waals surface area contributed by atoms with Crippen molar-refractivity contribution in [2.45, 2.75) is 71.1 Å². The van der Waals surface area contributed by atoms with Crippen LogP contribution in [0.25, 0.3) is 0 Å². The maximum Gasteiger partial charge on any atom is 0.0513 e. The largest absolute Gasteiger partial charge is 0.0917 e. The minimum absolute atomic E-state index is 0.893. The van der Waals surface area contributed by atoms with Crippen LogP contribution in [0.4, 0.5) is 0 Å². The van der Waals surface area contributed by atoms with Gasteiger partial charge in [0.15, 0.2) is 0 Å². The Morgan fingerprint density at radius 2 is 1.71 bits per heavy atom. The van der Waals surface area contributed by atoms with Gasteiger partial charge in [0.2, 0.25) is 0 Å². The number of rotatable bonds is 7. The predicted molar refractivity (Wildman–Crippen MR) is 70.7 cm³/mol. The number of hydrogen-bond acceptors (Lipinski definition) is 0. The molecular weight excluding hydrogens is 184 g/mol. The summed E-state index contributed by atoms with van der Waals surface area (Å²) in [5.74, 6) is 0. The summed E-state index contributed by atoms with van der Waals surface area (Å²) in [6, 6.07) is 0. The fourth-order valence-corrected chi connectivity index (χ4v) is 3.68. The van der Waals surface area contributed by atoms with Gasteiger partial charge in [0, 0.05) is 0 Å². The average molecular weight is 212 g/mol. The molecule has 84 valence electrons. The molecule has 0 N–H and O–H groups in total. The van der Waals surface area contributed by atoms with Gasteiger partial charge >= 0.3 is 0 Å². The van der Waals surface area contributed by atoms with Crippen LogP contribution in [0.1, 0.15) is 46.0 Å². The van der Waals surface area contributed by atoms with Gasteiger partial charge in [0.05, 0.1) is 8.07 Å². The predicted octanol–water partition coefficient (Wildman–Crippen LogP) is 5.24. The molecule has 0 bridgehead atoms. The molecular formula is C13H28Si. The van der Waals surface area contributed by atoms with Crippen LogP contribution in [0.15, 0.2) is 12.2 Å². The Labute approximate surface area is 91.8 Å². The maximum atomic E-state index is 2.48. The van der Waals surface area contributed by atoms with Gasteiger partial charge in [0.25, 0.3) is 0 Å². The summed E-state index contributed by atoms with van der Waals surface area (Å²) in [6.07, 6.45) is 11.7. The normalized spacial score (nSPS) is 14.9. The van der Waals surface area contributed by atoms with Gasteiger partial charge < -0.3 is 0 Å². The van der Waals surface area contributed by atoms with E-state index in [0.29, 0.717) is 0 Å². The Balaban J connectivity index is 3.87. The van der Waals surface area contributed by atoms with Crippen LogP contribution < -0.4 is 0 Å². The van der Waals surface area contributed by atoms with E-state index >= 15 is 0 Å². The second-order valence-corrected chi connectivity index (χ2v) is 10.8. The molecule has 0 aromatic carbocycles. The monoisotopic (exact) mass is 212 g/mol. The Bertz CT molecular complexity index is 153. The molecule has 0 aliphatic carbocycles. The third kappa shape index (κ3) is 6.42. The molecule has 0 fully saturated rings. The standard InChI is InChI=1S/C13H28Si/c1-6-8-9-10-12-13(11-7-2)14(3,4)5/h7,11,13H,6,8-10,12H2,1-5H3/b11-7+/t13-/m1/s1. The lowest BCUT2D eigenvalue weighted by Crippen LogP contribution is -2.26. The second kappa shape index (κ2) is 7.28. The highest BCUT2D eigenvalue weighted by atomic mass is 28.3. The minimum atomic E-state index is -0.955. The fraction of sp³-hybridized carbons (Fsp3) is 0.846. The Morgan fingerprint density at radius 3 is 2.14 bits per heavy atom. The van der Waals surface area contributed by atoms with Crippen molar-refractivity contribution < 1.29 is 0 Å². The lowest BCUT2D eigenvalue weighted by Gasteiger charge is -2.26. The highest BCUT2D eigenvalue weighted by Gasteiger charge is 2.23. The number of unbranched alkanes of at least 4 members (excludes halogenated alkanes) is 3. The summed E-state index contributed by atoms with van der Waals surface area (Å²) in [4.78, 5) is 0. The topological polar surface area (TPSA) is 0 Å². The van der Waals surface area contributed by atoms with Gasteiger partial charge in [-0.1, -0.05) is 64.4 Å². The molecule has 0 unspecified atom stereocenters. The first-order chi connectivity index (χ1) is 6.52. The SMILES string of the molecule is C/C=C/[C@H](CCCCCC)[Si](C)(C)C. The summed E-state index contributed by atoms with van der Waals surface area (Å²) in [6.45, 7) is 11.9. The van der Waals surface area contributed by atoms with Crippen LogP contribution in [-0.2, 0) is 0 Å². The molecule has 14 heavy (non-hydrogen) atoms. The van der Waals surface area contributed by atoms with Crippen molar-refractivity contribution in [3.63, 3.8) is 0 Å². The molecule has 0 rings (SSSR count). The molecule has 0 saturated heterocycles. The Kier molecular flexibility index (Phi) is 7.25. The zero-order chi connectivity index (χ0) is 11.0.